The lowest BCUT2D eigenvalue weighted by molar-refractivity contribution is -0.117. The summed E-state index contributed by atoms with van der Waals surface area (Å²) in [6, 6.07) is 13.8. The second-order valence-electron chi connectivity index (χ2n) is 6.19. The molecule has 0 saturated carbocycles. The number of carbonyl (C=O) groups excluding carboxylic acids is 1. The zero-order valence-corrected chi connectivity index (χ0v) is 16.0. The van der Waals surface area contributed by atoms with Crippen LogP contribution < -0.4 is 10.9 Å². The maximum Gasteiger partial charge on any atom is 0.258 e. The smallest absolute Gasteiger partial charge is 0.258 e. The first-order chi connectivity index (χ1) is 13.5. The van der Waals surface area contributed by atoms with Gasteiger partial charge in [-0.1, -0.05) is 30.7 Å². The molecule has 0 radical (unpaired) electrons. The van der Waals surface area contributed by atoms with Gasteiger partial charge in [0, 0.05) is 5.69 Å². The SMILES string of the molecule is CCN(CC(=O)Nc1ccc(C#N)c(Cl)c1)Cc1nc2ccccc2c(=O)[nH]1. The average molecular weight is 396 g/mol. The summed E-state index contributed by atoms with van der Waals surface area (Å²) in [5.41, 5.74) is 1.28. The molecule has 0 fully saturated rings. The van der Waals surface area contributed by atoms with Gasteiger partial charge in [-0.3, -0.25) is 14.5 Å². The van der Waals surface area contributed by atoms with Gasteiger partial charge in [0.15, 0.2) is 0 Å². The first kappa shape index (κ1) is 19.5. The molecule has 0 aliphatic rings. The Morgan fingerprint density at radius 1 is 1.32 bits per heavy atom. The second-order valence-corrected chi connectivity index (χ2v) is 6.59. The van der Waals surface area contributed by atoms with Gasteiger partial charge in [-0.15, -0.1) is 0 Å². The first-order valence-corrected chi connectivity index (χ1v) is 9.07. The van der Waals surface area contributed by atoms with E-state index in [2.05, 4.69) is 15.3 Å². The Balaban J connectivity index is 1.69. The molecule has 0 aliphatic heterocycles. The quantitative estimate of drug-likeness (QED) is 0.668. The summed E-state index contributed by atoms with van der Waals surface area (Å²) >= 11 is 5.99. The summed E-state index contributed by atoms with van der Waals surface area (Å²) in [5, 5.41) is 12.5. The minimum atomic E-state index is -0.231. The van der Waals surface area contributed by atoms with Crippen LogP contribution in [0.25, 0.3) is 10.9 Å². The van der Waals surface area contributed by atoms with Gasteiger partial charge in [0.25, 0.3) is 5.56 Å². The van der Waals surface area contributed by atoms with Crippen molar-refractivity contribution in [1.82, 2.24) is 14.9 Å². The molecule has 0 unspecified atom stereocenters. The molecule has 0 spiro atoms. The predicted octanol–water partition coefficient (Wildman–Crippen LogP) is 2.91. The lowest BCUT2D eigenvalue weighted by Crippen LogP contribution is -2.33. The third kappa shape index (κ3) is 4.55. The number of aromatic nitrogens is 2. The molecular weight excluding hydrogens is 378 g/mol. The Bertz CT molecular complexity index is 1120. The van der Waals surface area contributed by atoms with Crippen LogP contribution >= 0.6 is 11.6 Å². The summed E-state index contributed by atoms with van der Waals surface area (Å²) in [4.78, 5) is 33.6. The van der Waals surface area contributed by atoms with Crippen LogP contribution in [0.3, 0.4) is 0 Å². The third-order valence-corrected chi connectivity index (χ3v) is 4.54. The Morgan fingerprint density at radius 2 is 2.11 bits per heavy atom. The first-order valence-electron chi connectivity index (χ1n) is 8.70. The molecule has 2 aromatic carbocycles. The van der Waals surface area contributed by atoms with Gasteiger partial charge in [-0.05, 0) is 36.9 Å². The van der Waals surface area contributed by atoms with Crippen LogP contribution in [0.1, 0.15) is 18.3 Å². The summed E-state index contributed by atoms with van der Waals surface area (Å²) in [5.74, 6) is 0.269. The number of aromatic amines is 1. The number of likely N-dealkylation sites (N-methyl/N-ethyl adjacent to an activating group) is 1. The molecular formula is C20H18ClN5O2. The summed E-state index contributed by atoms with van der Waals surface area (Å²) < 4.78 is 0. The van der Waals surface area contributed by atoms with Gasteiger partial charge in [0.2, 0.25) is 5.91 Å². The van der Waals surface area contributed by atoms with E-state index in [4.69, 9.17) is 16.9 Å². The molecule has 28 heavy (non-hydrogen) atoms. The van der Waals surface area contributed by atoms with Crippen LogP contribution in [0.5, 0.6) is 0 Å². The van der Waals surface area contributed by atoms with Gasteiger partial charge in [0.1, 0.15) is 11.9 Å². The molecule has 142 valence electrons. The number of carbonyl (C=O) groups is 1. The van der Waals surface area contributed by atoms with Crippen molar-refractivity contribution in [2.45, 2.75) is 13.5 Å². The lowest BCUT2D eigenvalue weighted by atomic mass is 10.2. The highest BCUT2D eigenvalue weighted by Crippen LogP contribution is 2.20. The number of nitrogens with zero attached hydrogens (tertiary/aromatic N) is 3. The van der Waals surface area contributed by atoms with E-state index in [1.54, 1.807) is 30.3 Å². The van der Waals surface area contributed by atoms with Crippen molar-refractivity contribution in [2.75, 3.05) is 18.4 Å². The fraction of sp³-hybridized carbons (Fsp3) is 0.200. The van der Waals surface area contributed by atoms with Gasteiger partial charge in [0.05, 0.1) is 34.6 Å². The standard InChI is InChI=1S/C20H18ClN5O2/c1-2-26(11-18-24-17-6-4-3-5-15(17)20(28)25-18)12-19(27)23-14-8-7-13(10-22)16(21)9-14/h3-9H,2,11-12H2,1H3,(H,23,27)(H,24,25,28). The molecule has 0 aliphatic carbocycles. The van der Waals surface area contributed by atoms with Gasteiger partial charge >= 0.3 is 0 Å². The monoisotopic (exact) mass is 395 g/mol. The largest absolute Gasteiger partial charge is 0.325 e. The van der Waals surface area contributed by atoms with Crippen LogP contribution in [0.4, 0.5) is 5.69 Å². The number of hydrogen-bond donors (Lipinski definition) is 2. The number of nitrogens with one attached hydrogen (secondary N) is 2. The summed E-state index contributed by atoms with van der Waals surface area (Å²) in [6.07, 6.45) is 0. The van der Waals surface area contributed by atoms with E-state index in [1.165, 1.54) is 6.07 Å². The van der Waals surface area contributed by atoms with Crippen LogP contribution in [0.2, 0.25) is 5.02 Å². The fourth-order valence-electron chi connectivity index (χ4n) is 2.79. The van der Waals surface area contributed by atoms with Crippen molar-refractivity contribution in [1.29, 1.82) is 5.26 Å². The highest BCUT2D eigenvalue weighted by Gasteiger charge is 2.13. The van der Waals surface area contributed by atoms with E-state index in [0.29, 0.717) is 41.1 Å². The van der Waals surface area contributed by atoms with Gasteiger partial charge in [-0.2, -0.15) is 5.26 Å². The average Bonchev–Trinajstić information content (AvgIpc) is 2.67. The molecule has 1 aromatic heterocycles. The highest BCUT2D eigenvalue weighted by atomic mass is 35.5. The number of halogens is 1. The molecule has 3 rings (SSSR count). The minimum absolute atomic E-state index is 0.116. The molecule has 3 aromatic rings. The Hall–Kier alpha value is -3.21. The van der Waals surface area contributed by atoms with Crippen molar-refractivity contribution in [3.63, 3.8) is 0 Å². The maximum absolute atomic E-state index is 12.4. The van der Waals surface area contributed by atoms with Crippen LogP contribution in [0, 0.1) is 11.3 Å². The maximum atomic E-state index is 12.4. The Kier molecular flexibility index (Phi) is 6.04. The molecule has 7 nitrogen and oxygen atoms in total. The van der Waals surface area contributed by atoms with E-state index < -0.39 is 0 Å². The number of H-pyrrole nitrogens is 1. The molecule has 0 atom stereocenters. The fourth-order valence-corrected chi connectivity index (χ4v) is 3.01. The van der Waals surface area contributed by atoms with E-state index in [-0.39, 0.29) is 23.0 Å². The lowest BCUT2D eigenvalue weighted by Gasteiger charge is -2.19. The number of fused-ring (bicyclic) bond motifs is 1. The number of hydrogen-bond acceptors (Lipinski definition) is 5. The topological polar surface area (TPSA) is 102 Å². The van der Waals surface area contributed by atoms with Crippen molar-refractivity contribution < 1.29 is 4.79 Å². The summed E-state index contributed by atoms with van der Waals surface area (Å²) in [6.45, 7) is 2.96. The van der Waals surface area contributed by atoms with E-state index in [9.17, 15) is 9.59 Å². The molecule has 0 saturated heterocycles. The van der Waals surface area contributed by atoms with E-state index in [0.717, 1.165) is 0 Å². The van der Waals surface area contributed by atoms with Crippen molar-refractivity contribution in [3.8, 4) is 6.07 Å². The molecule has 8 heteroatoms. The highest BCUT2D eigenvalue weighted by molar-refractivity contribution is 6.32. The molecule has 0 bridgehead atoms. The number of para-hydroxylation sites is 1. The Morgan fingerprint density at radius 3 is 2.82 bits per heavy atom. The number of nitriles is 1. The zero-order chi connectivity index (χ0) is 20.1. The number of amides is 1. The normalized spacial score (nSPS) is 10.8. The minimum Gasteiger partial charge on any atom is -0.325 e. The molecule has 2 N–H and O–H groups in total. The second kappa shape index (κ2) is 8.65. The van der Waals surface area contributed by atoms with Crippen LogP contribution in [0.15, 0.2) is 47.3 Å². The number of anilines is 1. The van der Waals surface area contributed by atoms with Crippen LogP contribution in [-0.4, -0.2) is 33.9 Å². The zero-order valence-electron chi connectivity index (χ0n) is 15.2. The number of rotatable bonds is 6. The predicted molar refractivity (Wildman–Crippen MR) is 108 cm³/mol. The van der Waals surface area contributed by atoms with Crippen molar-refractivity contribution in [2.24, 2.45) is 0 Å². The Labute approximate surface area is 166 Å². The van der Waals surface area contributed by atoms with E-state index >= 15 is 0 Å². The van der Waals surface area contributed by atoms with Gasteiger partial charge < -0.3 is 10.3 Å². The van der Waals surface area contributed by atoms with Crippen LogP contribution in [-0.2, 0) is 11.3 Å². The van der Waals surface area contributed by atoms with Crippen molar-refractivity contribution in [3.05, 3.63) is 69.2 Å². The molecule has 1 amide bonds. The molecule has 1 heterocycles. The summed E-state index contributed by atoms with van der Waals surface area (Å²) in [7, 11) is 0. The van der Waals surface area contributed by atoms with Gasteiger partial charge in [-0.25, -0.2) is 4.98 Å². The number of benzene rings is 2. The third-order valence-electron chi connectivity index (χ3n) is 4.22. The van der Waals surface area contributed by atoms with Crippen molar-refractivity contribution >= 4 is 34.1 Å². The van der Waals surface area contributed by atoms with E-state index in [1.807, 2.05) is 24.0 Å².